The molecule has 1 aromatic heterocycles. The molecule has 0 saturated carbocycles. The van der Waals surface area contributed by atoms with Crippen molar-refractivity contribution in [3.63, 3.8) is 0 Å². The molecular formula is C59H52N2. The highest BCUT2D eigenvalue weighted by Gasteiger charge is 2.29. The summed E-state index contributed by atoms with van der Waals surface area (Å²) in [5.41, 5.74) is 15.2. The maximum absolute atomic E-state index is 5.21. The minimum Gasteiger partial charge on any atom is -0.314 e. The van der Waals surface area contributed by atoms with Crippen LogP contribution in [-0.2, 0) is 5.54 Å². The van der Waals surface area contributed by atoms with Crippen LogP contribution in [0.5, 0.6) is 0 Å². The maximum atomic E-state index is 5.21. The van der Waals surface area contributed by atoms with E-state index in [1.165, 1.54) is 66.1 Å². The molecule has 0 saturated heterocycles. The SMILES string of the molecule is C=C/C(=C\C=C(/C)c1nc2ccccc2n1[C@@]1(C)C=CC=CC1)c1ccc2c(-c3ccccc3C3=CC=CCC3)c3ccccc3c(C(=C/C)/C(=C\C)c3ccccc3)c2c1. The molecule has 0 bridgehead atoms. The largest absolute Gasteiger partial charge is 0.314 e. The van der Waals surface area contributed by atoms with E-state index in [2.05, 4.69) is 227 Å². The summed E-state index contributed by atoms with van der Waals surface area (Å²) < 4.78 is 2.41. The van der Waals surface area contributed by atoms with Gasteiger partial charge in [0, 0.05) is 0 Å². The Morgan fingerprint density at radius 1 is 0.689 bits per heavy atom. The lowest BCUT2D eigenvalue weighted by molar-refractivity contribution is 0.419. The summed E-state index contributed by atoms with van der Waals surface area (Å²) in [4.78, 5) is 5.21. The van der Waals surface area contributed by atoms with Gasteiger partial charge in [-0.1, -0.05) is 183 Å². The number of benzene rings is 6. The highest BCUT2D eigenvalue weighted by atomic mass is 15.1. The van der Waals surface area contributed by atoms with Crippen molar-refractivity contribution in [1.82, 2.24) is 9.55 Å². The standard InChI is InChI=1S/C59H52N2/c1-6-42(35-34-41(4)58-60-54-32-20-21-33-55(54)61(58)59(5)38-22-11-23-39-59)45-36-37-52-53(40-45)56(47(8-3)46(7-2)43-24-12-9-13-25-43)50-30-18-19-31-51(50)57(52)49-29-17-16-28-48(49)44-26-14-10-15-27-44/h6-14,16-26,28-38,40H,1,15,27,39H2,2-5H3/b41-34+,42-35+,46-7-,47-8+/t59-/m0/s1. The van der Waals surface area contributed by atoms with Crippen molar-refractivity contribution in [2.24, 2.45) is 0 Å². The average molecular weight is 789 g/mol. The smallest absolute Gasteiger partial charge is 0.137 e. The fourth-order valence-corrected chi connectivity index (χ4v) is 9.54. The van der Waals surface area contributed by atoms with Gasteiger partial charge in [0.05, 0.1) is 16.6 Å². The summed E-state index contributed by atoms with van der Waals surface area (Å²) in [5, 5.41) is 4.92. The van der Waals surface area contributed by atoms with Gasteiger partial charge in [0.1, 0.15) is 5.82 Å². The van der Waals surface area contributed by atoms with Gasteiger partial charge in [-0.05, 0) is 148 Å². The van der Waals surface area contributed by atoms with E-state index in [1.54, 1.807) is 0 Å². The molecule has 298 valence electrons. The number of aromatic nitrogens is 2. The third-order valence-corrected chi connectivity index (χ3v) is 12.5. The van der Waals surface area contributed by atoms with Crippen molar-refractivity contribution >= 4 is 60.4 Å². The van der Waals surface area contributed by atoms with Gasteiger partial charge in [0.25, 0.3) is 0 Å². The molecular weight excluding hydrogens is 737 g/mol. The molecule has 9 rings (SSSR count). The van der Waals surface area contributed by atoms with E-state index in [-0.39, 0.29) is 5.54 Å². The zero-order valence-corrected chi connectivity index (χ0v) is 35.7. The third-order valence-electron chi connectivity index (χ3n) is 12.5. The van der Waals surface area contributed by atoms with Gasteiger partial charge in [-0.2, -0.15) is 0 Å². The first-order valence-corrected chi connectivity index (χ1v) is 21.6. The number of fused-ring (bicyclic) bond motifs is 3. The summed E-state index contributed by atoms with van der Waals surface area (Å²) >= 11 is 0. The molecule has 2 aliphatic carbocycles. The van der Waals surface area contributed by atoms with Crippen LogP contribution >= 0.6 is 0 Å². The van der Waals surface area contributed by atoms with E-state index in [1.807, 2.05) is 6.08 Å². The van der Waals surface area contributed by atoms with Gasteiger partial charge in [-0.15, -0.1) is 0 Å². The number of rotatable bonds is 10. The van der Waals surface area contributed by atoms with Gasteiger partial charge in [0.2, 0.25) is 0 Å². The second-order valence-corrected chi connectivity index (χ2v) is 16.3. The Balaban J connectivity index is 1.28. The van der Waals surface area contributed by atoms with Gasteiger partial charge in [-0.3, -0.25) is 0 Å². The van der Waals surface area contributed by atoms with Crippen LogP contribution in [0, 0.1) is 0 Å². The molecule has 0 amide bonds. The molecule has 2 heteroatoms. The number of allylic oxidation sites excluding steroid dienone is 17. The topological polar surface area (TPSA) is 17.8 Å². The highest BCUT2D eigenvalue weighted by molar-refractivity contribution is 6.24. The molecule has 7 aromatic rings. The molecule has 0 aliphatic heterocycles. The van der Waals surface area contributed by atoms with Crippen molar-refractivity contribution in [2.45, 2.75) is 52.5 Å². The minimum atomic E-state index is -0.228. The first kappa shape index (κ1) is 39.4. The number of hydrogen-bond donors (Lipinski definition) is 0. The van der Waals surface area contributed by atoms with Crippen molar-refractivity contribution in [3.8, 4) is 11.1 Å². The Morgan fingerprint density at radius 3 is 2.15 bits per heavy atom. The fourth-order valence-electron chi connectivity index (χ4n) is 9.54. The van der Waals surface area contributed by atoms with Crippen molar-refractivity contribution in [2.75, 3.05) is 0 Å². The minimum absolute atomic E-state index is 0.228. The molecule has 2 aliphatic rings. The summed E-state index contributed by atoms with van der Waals surface area (Å²) in [6, 6.07) is 44.3. The lowest BCUT2D eigenvalue weighted by atomic mass is 9.80. The van der Waals surface area contributed by atoms with Crippen LogP contribution in [0.2, 0.25) is 0 Å². The number of nitrogens with zero attached hydrogens (tertiary/aromatic N) is 2. The zero-order chi connectivity index (χ0) is 41.9. The first-order valence-electron chi connectivity index (χ1n) is 21.6. The van der Waals surface area contributed by atoms with Crippen LogP contribution in [0.3, 0.4) is 0 Å². The van der Waals surface area contributed by atoms with Gasteiger partial charge in [0.15, 0.2) is 0 Å². The molecule has 0 spiro atoms. The van der Waals surface area contributed by atoms with Crippen molar-refractivity contribution < 1.29 is 0 Å². The van der Waals surface area contributed by atoms with Crippen LogP contribution in [0.25, 0.3) is 71.6 Å². The molecule has 61 heavy (non-hydrogen) atoms. The number of para-hydroxylation sites is 2. The Kier molecular flexibility index (Phi) is 10.9. The van der Waals surface area contributed by atoms with Crippen LogP contribution in [0.15, 0.2) is 201 Å². The second-order valence-electron chi connectivity index (χ2n) is 16.3. The van der Waals surface area contributed by atoms with E-state index < -0.39 is 0 Å². The molecule has 2 nitrogen and oxygen atoms in total. The fraction of sp³-hybridized carbons (Fsp3) is 0.136. The van der Waals surface area contributed by atoms with E-state index >= 15 is 0 Å². The van der Waals surface area contributed by atoms with E-state index in [0.29, 0.717) is 0 Å². The molecule has 0 N–H and O–H groups in total. The zero-order valence-electron chi connectivity index (χ0n) is 35.7. The quantitative estimate of drug-likeness (QED) is 0.0997. The van der Waals surface area contributed by atoms with Crippen molar-refractivity contribution in [3.05, 3.63) is 229 Å². The second kappa shape index (κ2) is 16.9. The summed E-state index contributed by atoms with van der Waals surface area (Å²) in [7, 11) is 0. The first-order chi connectivity index (χ1) is 29.9. The molecule has 1 atom stereocenters. The maximum Gasteiger partial charge on any atom is 0.137 e. The lowest BCUT2D eigenvalue weighted by Crippen LogP contribution is -2.29. The van der Waals surface area contributed by atoms with Crippen LogP contribution in [0.1, 0.15) is 75.0 Å². The van der Waals surface area contributed by atoms with Gasteiger partial charge in [-0.25, -0.2) is 4.98 Å². The molecule has 0 fully saturated rings. The lowest BCUT2D eigenvalue weighted by Gasteiger charge is -2.31. The Bertz CT molecular complexity index is 3100. The number of imidazole rings is 1. The van der Waals surface area contributed by atoms with E-state index in [0.717, 1.165) is 52.8 Å². The Hall–Kier alpha value is -7.03. The van der Waals surface area contributed by atoms with Crippen LogP contribution < -0.4 is 0 Å². The third kappa shape index (κ3) is 7.23. The molecule has 6 aromatic carbocycles. The summed E-state index contributed by atoms with van der Waals surface area (Å²) in [5.74, 6) is 0.972. The summed E-state index contributed by atoms with van der Waals surface area (Å²) in [6.45, 7) is 13.2. The molecule has 0 radical (unpaired) electrons. The van der Waals surface area contributed by atoms with Gasteiger partial charge < -0.3 is 4.57 Å². The van der Waals surface area contributed by atoms with Crippen LogP contribution in [-0.4, -0.2) is 9.55 Å². The highest BCUT2D eigenvalue weighted by Crippen LogP contribution is 2.47. The molecule has 0 unspecified atom stereocenters. The predicted octanol–water partition coefficient (Wildman–Crippen LogP) is 16.2. The van der Waals surface area contributed by atoms with Crippen LogP contribution in [0.4, 0.5) is 0 Å². The van der Waals surface area contributed by atoms with E-state index in [4.69, 9.17) is 4.98 Å². The monoisotopic (exact) mass is 788 g/mol. The van der Waals surface area contributed by atoms with Gasteiger partial charge >= 0.3 is 0 Å². The Labute approximate surface area is 361 Å². The Morgan fingerprint density at radius 2 is 1.41 bits per heavy atom. The predicted molar refractivity (Wildman–Crippen MR) is 265 cm³/mol. The van der Waals surface area contributed by atoms with Crippen molar-refractivity contribution in [1.29, 1.82) is 0 Å². The van der Waals surface area contributed by atoms with E-state index in [9.17, 15) is 0 Å². The normalized spacial score (nSPS) is 17.4. The number of hydrogen-bond acceptors (Lipinski definition) is 1. The summed E-state index contributed by atoms with van der Waals surface area (Å²) in [6.07, 6.45) is 29.6. The molecule has 1 heterocycles. The average Bonchev–Trinajstić information content (AvgIpc) is 3.72.